The number of aldehydes is 1. The van der Waals surface area contributed by atoms with Crippen LogP contribution in [0.1, 0.15) is 0 Å². The fourth-order valence-corrected chi connectivity index (χ4v) is 0.802. The summed E-state index contributed by atoms with van der Waals surface area (Å²) in [6, 6.07) is 0. The molecule has 0 aromatic rings. The zero-order valence-electron chi connectivity index (χ0n) is 7.57. The van der Waals surface area contributed by atoms with Crippen molar-refractivity contribution in [3.8, 4) is 0 Å². The Morgan fingerprint density at radius 2 is 1.93 bits per heavy atom. The molecule has 0 aliphatic carbocycles. The molecule has 0 aromatic carbocycles. The molecule has 7 heteroatoms. The lowest BCUT2D eigenvalue weighted by Gasteiger charge is -2.30. The van der Waals surface area contributed by atoms with E-state index in [2.05, 4.69) is 4.74 Å². The van der Waals surface area contributed by atoms with Crippen LogP contribution in [0.25, 0.3) is 0 Å². The third-order valence-electron chi connectivity index (χ3n) is 1.82. The summed E-state index contributed by atoms with van der Waals surface area (Å²) in [6.45, 7) is -0.823. The summed E-state index contributed by atoms with van der Waals surface area (Å²) in [7, 11) is 0.940. The van der Waals surface area contributed by atoms with Crippen LogP contribution in [0.15, 0.2) is 0 Å². The van der Waals surface area contributed by atoms with Crippen LogP contribution < -0.4 is 0 Å². The predicted molar refractivity (Wildman–Crippen MR) is 43.1 cm³/mol. The van der Waals surface area contributed by atoms with Gasteiger partial charge in [0.25, 0.3) is 5.79 Å². The maximum absolute atomic E-state index is 10.3. The Morgan fingerprint density at radius 1 is 1.43 bits per heavy atom. The first kappa shape index (κ1) is 13.4. The van der Waals surface area contributed by atoms with Crippen LogP contribution in [0.2, 0.25) is 0 Å². The number of methoxy groups -OCH3 is 1. The van der Waals surface area contributed by atoms with Gasteiger partial charge in [0, 0.05) is 7.11 Å². The van der Waals surface area contributed by atoms with E-state index < -0.39 is 30.7 Å². The van der Waals surface area contributed by atoms with Crippen molar-refractivity contribution >= 4 is 6.29 Å². The minimum absolute atomic E-state index is 0.120. The number of carbonyl (C=O) groups is 1. The molecule has 14 heavy (non-hydrogen) atoms. The van der Waals surface area contributed by atoms with Gasteiger partial charge in [0.15, 0.2) is 6.29 Å². The third kappa shape index (κ3) is 2.71. The van der Waals surface area contributed by atoms with E-state index in [0.717, 1.165) is 7.11 Å². The van der Waals surface area contributed by atoms with Gasteiger partial charge in [-0.25, -0.2) is 0 Å². The standard InChI is InChI=1S/C7H14O7/c1-14-7(13,3-9)6(12)5(11)4(10)2-8/h3-6,8,10-13H,2H2,1H3/t4-,5-,6+,7-/m1/s1. The molecule has 0 saturated heterocycles. The maximum atomic E-state index is 10.3. The molecule has 0 radical (unpaired) electrons. The van der Waals surface area contributed by atoms with E-state index in [4.69, 9.17) is 15.3 Å². The molecule has 0 aliphatic rings. The number of aliphatic hydroxyl groups is 5. The van der Waals surface area contributed by atoms with Gasteiger partial charge < -0.3 is 30.3 Å². The van der Waals surface area contributed by atoms with Gasteiger partial charge in [0.2, 0.25) is 0 Å². The van der Waals surface area contributed by atoms with Crippen molar-refractivity contribution in [2.45, 2.75) is 24.1 Å². The number of hydrogen-bond acceptors (Lipinski definition) is 7. The molecule has 84 valence electrons. The monoisotopic (exact) mass is 210 g/mol. The SMILES string of the molecule is CO[C@](O)(C=O)[C@@H](O)[C@H](O)[C@H](O)CO. The molecular formula is C7H14O7. The molecule has 0 amide bonds. The molecule has 7 nitrogen and oxygen atoms in total. The fourth-order valence-electron chi connectivity index (χ4n) is 0.802. The second-order valence-electron chi connectivity index (χ2n) is 2.76. The van der Waals surface area contributed by atoms with Crippen molar-refractivity contribution < 1.29 is 35.1 Å². The van der Waals surface area contributed by atoms with Gasteiger partial charge >= 0.3 is 0 Å². The Hall–Kier alpha value is -0.570. The number of aliphatic hydroxyl groups excluding tert-OH is 4. The summed E-state index contributed by atoms with van der Waals surface area (Å²) in [5.41, 5.74) is 0. The highest BCUT2D eigenvalue weighted by atomic mass is 16.6. The van der Waals surface area contributed by atoms with E-state index in [9.17, 15) is 15.0 Å². The molecule has 0 aliphatic heterocycles. The Kier molecular flexibility index (Phi) is 5.13. The van der Waals surface area contributed by atoms with E-state index in [1.165, 1.54) is 0 Å². The Bertz CT molecular complexity index is 185. The number of carbonyl (C=O) groups excluding carboxylic acids is 1. The average molecular weight is 210 g/mol. The quantitative estimate of drug-likeness (QED) is 0.228. The highest BCUT2D eigenvalue weighted by Gasteiger charge is 2.42. The normalized spacial score (nSPS) is 22.1. The van der Waals surface area contributed by atoms with Gasteiger partial charge in [-0.3, -0.25) is 4.79 Å². The zero-order valence-corrected chi connectivity index (χ0v) is 7.57. The summed E-state index contributed by atoms with van der Waals surface area (Å²) in [5.74, 6) is -2.60. The van der Waals surface area contributed by atoms with Crippen LogP contribution in [0.5, 0.6) is 0 Å². The van der Waals surface area contributed by atoms with Crippen LogP contribution in [-0.2, 0) is 9.53 Å². The minimum Gasteiger partial charge on any atom is -0.394 e. The van der Waals surface area contributed by atoms with Crippen molar-refractivity contribution in [1.29, 1.82) is 0 Å². The molecule has 0 unspecified atom stereocenters. The lowest BCUT2D eigenvalue weighted by atomic mass is 10.0. The summed E-state index contributed by atoms with van der Waals surface area (Å²) < 4.78 is 4.25. The van der Waals surface area contributed by atoms with E-state index in [1.54, 1.807) is 0 Å². The van der Waals surface area contributed by atoms with Gasteiger partial charge in [-0.2, -0.15) is 0 Å². The third-order valence-corrected chi connectivity index (χ3v) is 1.82. The second kappa shape index (κ2) is 5.35. The van der Waals surface area contributed by atoms with Crippen molar-refractivity contribution in [2.75, 3.05) is 13.7 Å². The number of rotatable bonds is 6. The van der Waals surface area contributed by atoms with E-state index >= 15 is 0 Å². The van der Waals surface area contributed by atoms with Crippen LogP contribution in [0, 0.1) is 0 Å². The number of hydrogen-bond donors (Lipinski definition) is 5. The van der Waals surface area contributed by atoms with Crippen molar-refractivity contribution in [1.82, 2.24) is 0 Å². The van der Waals surface area contributed by atoms with Crippen LogP contribution in [-0.4, -0.2) is 69.6 Å². The Labute approximate surface area is 80.2 Å². The molecule has 0 rings (SSSR count). The summed E-state index contributed by atoms with van der Waals surface area (Å²) >= 11 is 0. The van der Waals surface area contributed by atoms with E-state index in [1.807, 2.05) is 0 Å². The maximum Gasteiger partial charge on any atom is 0.252 e. The zero-order chi connectivity index (χ0) is 11.4. The molecular weight excluding hydrogens is 196 g/mol. The lowest BCUT2D eigenvalue weighted by molar-refractivity contribution is -0.249. The molecule has 0 saturated carbocycles. The molecule has 0 spiro atoms. The van der Waals surface area contributed by atoms with Gasteiger partial charge in [0.1, 0.15) is 18.3 Å². The fraction of sp³-hybridized carbons (Fsp3) is 0.857. The average Bonchev–Trinajstić information content (AvgIpc) is 2.24. The highest BCUT2D eigenvalue weighted by Crippen LogP contribution is 2.14. The van der Waals surface area contributed by atoms with Crippen LogP contribution >= 0.6 is 0 Å². The molecule has 0 heterocycles. The van der Waals surface area contributed by atoms with Gasteiger partial charge in [-0.15, -0.1) is 0 Å². The minimum atomic E-state index is -2.60. The number of ether oxygens (including phenoxy) is 1. The summed E-state index contributed by atoms with van der Waals surface area (Å²) in [5, 5.41) is 44.9. The van der Waals surface area contributed by atoms with Gasteiger partial charge in [-0.05, 0) is 0 Å². The largest absolute Gasteiger partial charge is 0.394 e. The Balaban J connectivity index is 4.57. The molecule has 0 aromatic heterocycles. The first-order valence-corrected chi connectivity index (χ1v) is 3.81. The van der Waals surface area contributed by atoms with E-state index in [0.29, 0.717) is 0 Å². The summed E-state index contributed by atoms with van der Waals surface area (Å²) in [4.78, 5) is 10.3. The topological polar surface area (TPSA) is 127 Å². The lowest BCUT2D eigenvalue weighted by Crippen LogP contribution is -2.55. The van der Waals surface area contributed by atoms with Crippen LogP contribution in [0.4, 0.5) is 0 Å². The first-order chi connectivity index (χ1) is 6.42. The second-order valence-corrected chi connectivity index (χ2v) is 2.76. The van der Waals surface area contributed by atoms with Gasteiger partial charge in [-0.1, -0.05) is 0 Å². The molecule has 5 N–H and O–H groups in total. The highest BCUT2D eigenvalue weighted by molar-refractivity contribution is 5.61. The van der Waals surface area contributed by atoms with Gasteiger partial charge in [0.05, 0.1) is 6.61 Å². The van der Waals surface area contributed by atoms with E-state index in [-0.39, 0.29) is 6.29 Å². The molecule has 0 bridgehead atoms. The first-order valence-electron chi connectivity index (χ1n) is 3.81. The smallest absolute Gasteiger partial charge is 0.252 e. The van der Waals surface area contributed by atoms with Crippen LogP contribution in [0.3, 0.4) is 0 Å². The van der Waals surface area contributed by atoms with Crippen molar-refractivity contribution in [2.24, 2.45) is 0 Å². The van der Waals surface area contributed by atoms with Crippen molar-refractivity contribution in [3.63, 3.8) is 0 Å². The molecule has 4 atom stereocenters. The Morgan fingerprint density at radius 3 is 2.21 bits per heavy atom. The van der Waals surface area contributed by atoms with Crippen molar-refractivity contribution in [3.05, 3.63) is 0 Å². The molecule has 0 fully saturated rings. The summed E-state index contributed by atoms with van der Waals surface area (Å²) in [6.07, 6.45) is -5.74. The predicted octanol–water partition coefficient (Wildman–Crippen LogP) is -3.40.